The van der Waals surface area contributed by atoms with Gasteiger partial charge in [0.1, 0.15) is 30.0 Å². The lowest BCUT2D eigenvalue weighted by Gasteiger charge is -2.34. The summed E-state index contributed by atoms with van der Waals surface area (Å²) >= 11 is 0. The highest BCUT2D eigenvalue weighted by Gasteiger charge is 2.40. The van der Waals surface area contributed by atoms with Crippen molar-refractivity contribution in [1.82, 2.24) is 4.31 Å². The molecule has 2 aromatic carbocycles. The molecular formula is C19H19F2NO6S. The summed E-state index contributed by atoms with van der Waals surface area (Å²) < 4.78 is 58.4. The average Bonchev–Trinajstić information content (AvgIpc) is 2.65. The largest absolute Gasteiger partial charge is 0.489 e. The third kappa shape index (κ3) is 4.89. The molecule has 0 bridgehead atoms. The molecule has 2 unspecified atom stereocenters. The number of carboxylic acid groups (broad SMARTS) is 1. The highest BCUT2D eigenvalue weighted by molar-refractivity contribution is 7.89. The lowest BCUT2D eigenvalue weighted by atomic mass is 10.0. The van der Waals surface area contributed by atoms with Crippen molar-refractivity contribution >= 4 is 16.0 Å². The van der Waals surface area contributed by atoms with Crippen LogP contribution in [0.4, 0.5) is 8.78 Å². The van der Waals surface area contributed by atoms with Crippen LogP contribution in [0.15, 0.2) is 47.4 Å². The van der Waals surface area contributed by atoms with Gasteiger partial charge in [0, 0.05) is 19.0 Å². The number of rotatable bonds is 6. The zero-order chi connectivity index (χ0) is 21.2. The van der Waals surface area contributed by atoms with Gasteiger partial charge in [-0.25, -0.2) is 17.2 Å². The van der Waals surface area contributed by atoms with Crippen LogP contribution < -0.4 is 4.74 Å². The van der Waals surface area contributed by atoms with Crippen LogP contribution in [0.5, 0.6) is 5.75 Å². The Morgan fingerprint density at radius 2 is 1.76 bits per heavy atom. The number of hydrogen-bond donors (Lipinski definition) is 2. The maximum Gasteiger partial charge on any atom is 0.322 e. The predicted molar refractivity (Wildman–Crippen MR) is 97.7 cm³/mol. The second kappa shape index (κ2) is 8.44. The monoisotopic (exact) mass is 427 g/mol. The Hall–Kier alpha value is -2.56. The third-order valence-corrected chi connectivity index (χ3v) is 6.49. The first kappa shape index (κ1) is 21.2. The predicted octanol–water partition coefficient (Wildman–Crippen LogP) is 2.14. The molecule has 29 heavy (non-hydrogen) atoms. The molecule has 7 nitrogen and oxygen atoms in total. The minimum atomic E-state index is -4.09. The van der Waals surface area contributed by atoms with E-state index >= 15 is 0 Å². The summed E-state index contributed by atoms with van der Waals surface area (Å²) in [6.45, 7) is -0.226. The average molecular weight is 427 g/mol. The molecule has 2 N–H and O–H groups in total. The molecule has 1 aliphatic heterocycles. The van der Waals surface area contributed by atoms with Gasteiger partial charge in [0.15, 0.2) is 0 Å². The first-order valence-electron chi connectivity index (χ1n) is 8.77. The summed E-state index contributed by atoms with van der Waals surface area (Å²) in [5.41, 5.74) is 0.273. The molecule has 3 rings (SSSR count). The summed E-state index contributed by atoms with van der Waals surface area (Å²) in [4.78, 5) is 11.3. The summed E-state index contributed by atoms with van der Waals surface area (Å²) in [6, 6.07) is 6.92. The molecule has 0 aromatic heterocycles. The van der Waals surface area contributed by atoms with Crippen LogP contribution in [0.1, 0.15) is 18.4 Å². The van der Waals surface area contributed by atoms with Gasteiger partial charge < -0.3 is 14.9 Å². The third-order valence-electron chi connectivity index (χ3n) is 4.57. The summed E-state index contributed by atoms with van der Waals surface area (Å²) in [6.07, 6.45) is -0.903. The van der Waals surface area contributed by atoms with Gasteiger partial charge in [0.2, 0.25) is 10.0 Å². The minimum absolute atomic E-state index is 0.107. The zero-order valence-electron chi connectivity index (χ0n) is 15.2. The van der Waals surface area contributed by atoms with E-state index in [1.807, 2.05) is 0 Å². The maximum atomic E-state index is 13.2. The van der Waals surface area contributed by atoms with Crippen LogP contribution in [-0.2, 0) is 21.4 Å². The molecule has 2 atom stereocenters. The quantitative estimate of drug-likeness (QED) is 0.732. The Morgan fingerprint density at radius 3 is 2.34 bits per heavy atom. The number of benzene rings is 2. The van der Waals surface area contributed by atoms with Crippen molar-refractivity contribution in [1.29, 1.82) is 0 Å². The van der Waals surface area contributed by atoms with Gasteiger partial charge in [-0.2, -0.15) is 4.31 Å². The summed E-state index contributed by atoms with van der Waals surface area (Å²) in [5.74, 6) is -2.51. The number of aliphatic carboxylic acids is 1. The molecular weight excluding hydrogens is 408 g/mol. The Kier molecular flexibility index (Phi) is 6.15. The van der Waals surface area contributed by atoms with Crippen LogP contribution in [0, 0.1) is 11.6 Å². The van der Waals surface area contributed by atoms with E-state index in [9.17, 15) is 32.2 Å². The van der Waals surface area contributed by atoms with Gasteiger partial charge >= 0.3 is 5.97 Å². The van der Waals surface area contributed by atoms with E-state index in [2.05, 4.69) is 0 Å². The van der Waals surface area contributed by atoms with Gasteiger partial charge in [0.25, 0.3) is 0 Å². The topological polar surface area (TPSA) is 104 Å². The van der Waals surface area contributed by atoms with Crippen molar-refractivity contribution in [3.8, 4) is 5.75 Å². The number of aliphatic hydroxyl groups excluding tert-OH is 1. The molecule has 0 amide bonds. The highest BCUT2D eigenvalue weighted by Crippen LogP contribution is 2.27. The van der Waals surface area contributed by atoms with E-state index in [0.717, 1.165) is 22.5 Å². The van der Waals surface area contributed by atoms with E-state index in [1.165, 1.54) is 24.3 Å². The standard InChI is InChI=1S/C19H19F2NO6S/c20-13-7-12(8-14(21)9-13)11-28-16-1-3-17(4-2-16)29(26,27)22-6-5-15(23)10-18(22)19(24)25/h1-4,7-9,15,18,23H,5-6,10-11H2,(H,24,25). The van der Waals surface area contributed by atoms with Crippen LogP contribution >= 0.6 is 0 Å². The lowest BCUT2D eigenvalue weighted by Crippen LogP contribution is -2.51. The lowest BCUT2D eigenvalue weighted by molar-refractivity contribution is -0.143. The zero-order valence-corrected chi connectivity index (χ0v) is 16.0. The smallest absolute Gasteiger partial charge is 0.322 e. The highest BCUT2D eigenvalue weighted by atomic mass is 32.2. The fraction of sp³-hybridized carbons (Fsp3) is 0.316. The molecule has 0 aliphatic carbocycles. The molecule has 1 aliphatic rings. The van der Waals surface area contributed by atoms with Crippen molar-refractivity contribution < 1.29 is 36.9 Å². The number of aliphatic hydroxyl groups is 1. The van der Waals surface area contributed by atoms with E-state index in [1.54, 1.807) is 0 Å². The molecule has 1 heterocycles. The van der Waals surface area contributed by atoms with Crippen LogP contribution in [0.25, 0.3) is 0 Å². The van der Waals surface area contributed by atoms with Crippen molar-refractivity contribution in [2.75, 3.05) is 6.54 Å². The fourth-order valence-electron chi connectivity index (χ4n) is 3.14. The van der Waals surface area contributed by atoms with Crippen molar-refractivity contribution in [3.63, 3.8) is 0 Å². The number of ether oxygens (including phenoxy) is 1. The first-order valence-corrected chi connectivity index (χ1v) is 10.2. The molecule has 0 spiro atoms. The van der Waals surface area contributed by atoms with Gasteiger partial charge in [-0.05, 0) is 48.4 Å². The number of carbonyl (C=O) groups is 1. The minimum Gasteiger partial charge on any atom is -0.489 e. The van der Waals surface area contributed by atoms with E-state index in [4.69, 9.17) is 4.74 Å². The van der Waals surface area contributed by atoms with E-state index < -0.39 is 39.8 Å². The van der Waals surface area contributed by atoms with Gasteiger partial charge in [0.05, 0.1) is 11.0 Å². The SMILES string of the molecule is O=C(O)C1CC(O)CCN1S(=O)(=O)c1ccc(OCc2cc(F)cc(F)c2)cc1. The first-order chi connectivity index (χ1) is 13.7. The van der Waals surface area contributed by atoms with Crippen molar-refractivity contribution in [3.05, 3.63) is 59.7 Å². The molecule has 156 valence electrons. The maximum absolute atomic E-state index is 13.2. The number of nitrogens with zero attached hydrogens (tertiary/aromatic N) is 1. The van der Waals surface area contributed by atoms with Crippen LogP contribution in [0.3, 0.4) is 0 Å². The van der Waals surface area contributed by atoms with Crippen LogP contribution in [0.2, 0.25) is 0 Å². The Bertz CT molecular complexity index is 976. The number of sulfonamides is 1. The van der Waals surface area contributed by atoms with Crippen molar-refractivity contribution in [2.45, 2.75) is 36.5 Å². The fourth-order valence-corrected chi connectivity index (χ4v) is 4.75. The normalized spacial score (nSPS) is 20.4. The number of carboxylic acids is 1. The summed E-state index contributed by atoms with van der Waals surface area (Å²) in [5, 5.41) is 19.0. The Morgan fingerprint density at radius 1 is 1.14 bits per heavy atom. The Balaban J connectivity index is 1.73. The summed E-state index contributed by atoms with van der Waals surface area (Å²) in [7, 11) is -4.09. The number of hydrogen-bond acceptors (Lipinski definition) is 5. The number of piperidine rings is 1. The molecule has 0 radical (unpaired) electrons. The van der Waals surface area contributed by atoms with Crippen molar-refractivity contribution in [2.24, 2.45) is 0 Å². The molecule has 2 aromatic rings. The van der Waals surface area contributed by atoms with Crippen LogP contribution in [-0.4, -0.2) is 47.6 Å². The second-order valence-electron chi connectivity index (χ2n) is 6.69. The molecule has 0 saturated carbocycles. The van der Waals surface area contributed by atoms with Gasteiger partial charge in [-0.15, -0.1) is 0 Å². The molecule has 1 fully saturated rings. The molecule has 1 saturated heterocycles. The van der Waals surface area contributed by atoms with E-state index in [0.29, 0.717) is 0 Å². The number of halogens is 2. The molecule has 10 heteroatoms. The van der Waals surface area contributed by atoms with Gasteiger partial charge in [-0.1, -0.05) is 0 Å². The second-order valence-corrected chi connectivity index (χ2v) is 8.58. The van der Waals surface area contributed by atoms with E-state index in [-0.39, 0.29) is 42.2 Å². The van der Waals surface area contributed by atoms with Gasteiger partial charge in [-0.3, -0.25) is 4.79 Å². The Labute approximate surface area is 166 Å².